The Morgan fingerprint density at radius 2 is 0.648 bits per heavy atom. The predicted octanol–water partition coefficient (Wildman–Crippen LogP) is 8.72. The molecule has 6 aromatic rings. The Kier molecular flexibility index (Phi) is 13.7. The van der Waals surface area contributed by atoms with Crippen molar-refractivity contribution in [2.45, 2.75) is 52.4 Å². The summed E-state index contributed by atoms with van der Waals surface area (Å²) >= 11 is 0. The molecule has 0 aliphatic carbocycles. The van der Waals surface area contributed by atoms with Crippen LogP contribution in [0.25, 0.3) is 0 Å². The van der Waals surface area contributed by atoms with Crippen LogP contribution in [-0.2, 0) is 49.1 Å². The van der Waals surface area contributed by atoms with Crippen molar-refractivity contribution >= 4 is 11.8 Å². The van der Waals surface area contributed by atoms with Crippen molar-refractivity contribution in [2.24, 2.45) is 0 Å². The summed E-state index contributed by atoms with van der Waals surface area (Å²) in [5, 5.41) is 5.85. The van der Waals surface area contributed by atoms with E-state index in [0.29, 0.717) is 49.4 Å². The van der Waals surface area contributed by atoms with Crippen LogP contribution < -0.4 is 29.6 Å². The summed E-state index contributed by atoms with van der Waals surface area (Å²) in [6.07, 6.45) is 0.109. The number of nitrogens with one attached hydrogen (secondary N) is 2. The minimum absolute atomic E-state index is 0.0547. The van der Waals surface area contributed by atoms with E-state index >= 15 is 0 Å². The Morgan fingerprint density at radius 1 is 0.352 bits per heavy atom. The lowest BCUT2D eigenvalue weighted by Gasteiger charge is -2.15. The van der Waals surface area contributed by atoms with Gasteiger partial charge in [0.2, 0.25) is 11.8 Å². The molecule has 0 unspecified atom stereocenters. The number of carbonyl (C=O) groups excluding carboxylic acids is 2. The Balaban J connectivity index is 0.991. The first-order valence-electron chi connectivity index (χ1n) is 18.0. The molecule has 0 aromatic heterocycles. The molecule has 0 aliphatic heterocycles. The van der Waals surface area contributed by atoms with Crippen LogP contribution in [0.15, 0.2) is 158 Å². The zero-order valence-electron chi connectivity index (χ0n) is 30.1. The molecule has 274 valence electrons. The summed E-state index contributed by atoms with van der Waals surface area (Å²) in [6.45, 7) is 2.12. The van der Waals surface area contributed by atoms with Crippen LogP contribution in [0.4, 0.5) is 0 Å². The van der Waals surface area contributed by atoms with Crippen LogP contribution in [0.3, 0.4) is 0 Å². The molecule has 0 atom stereocenters. The third-order valence-electron chi connectivity index (χ3n) is 8.52. The molecular weight excluding hydrogens is 677 g/mol. The molecule has 2 N–H and O–H groups in total. The van der Waals surface area contributed by atoms with Gasteiger partial charge in [0, 0.05) is 25.9 Å². The number of ether oxygens (including phenoxy) is 4. The van der Waals surface area contributed by atoms with Crippen LogP contribution in [0, 0.1) is 0 Å². The van der Waals surface area contributed by atoms with Gasteiger partial charge in [0.05, 0.1) is 0 Å². The van der Waals surface area contributed by atoms with E-state index in [0.717, 1.165) is 33.4 Å². The lowest BCUT2D eigenvalue weighted by atomic mass is 10.1. The summed E-state index contributed by atoms with van der Waals surface area (Å²) < 4.78 is 24.6. The number of benzene rings is 6. The van der Waals surface area contributed by atoms with E-state index in [-0.39, 0.29) is 37.7 Å². The van der Waals surface area contributed by atoms with Gasteiger partial charge in [-0.2, -0.15) is 0 Å². The van der Waals surface area contributed by atoms with Crippen LogP contribution in [0.1, 0.15) is 46.2 Å². The highest BCUT2D eigenvalue weighted by Gasteiger charge is 2.13. The Hall–Kier alpha value is -6.54. The second kappa shape index (κ2) is 19.9. The fourth-order valence-corrected chi connectivity index (χ4v) is 5.54. The number of rotatable bonds is 19. The average molecular weight is 721 g/mol. The number of amides is 2. The van der Waals surface area contributed by atoms with Gasteiger partial charge in [0.15, 0.2) is 23.0 Å². The molecular formula is C46H44N2O6. The SMILES string of the molecule is O=C(CCC(=O)NCc1ccc(OCc2ccccc2)c(OCc2ccccc2)c1)NCc1ccc(OCc2ccccc2)c(OCc2ccccc2)c1. The molecule has 8 nitrogen and oxygen atoms in total. The lowest BCUT2D eigenvalue weighted by molar-refractivity contribution is -0.126. The molecule has 0 spiro atoms. The third-order valence-corrected chi connectivity index (χ3v) is 8.52. The quantitative estimate of drug-likeness (QED) is 0.0870. The largest absolute Gasteiger partial charge is 0.485 e. The minimum atomic E-state index is -0.224. The highest BCUT2D eigenvalue weighted by atomic mass is 16.5. The van der Waals surface area contributed by atoms with Crippen LogP contribution in [0.2, 0.25) is 0 Å². The number of hydrogen-bond donors (Lipinski definition) is 2. The maximum Gasteiger partial charge on any atom is 0.220 e. The normalized spacial score (nSPS) is 10.6. The summed E-state index contributed by atoms with van der Waals surface area (Å²) in [5.41, 5.74) is 5.86. The van der Waals surface area contributed by atoms with Gasteiger partial charge in [-0.1, -0.05) is 133 Å². The van der Waals surface area contributed by atoms with Crippen molar-refractivity contribution in [3.05, 3.63) is 191 Å². The van der Waals surface area contributed by atoms with E-state index in [1.165, 1.54) is 0 Å². The monoisotopic (exact) mass is 720 g/mol. The molecule has 0 bridgehead atoms. The second-order valence-electron chi connectivity index (χ2n) is 12.7. The minimum Gasteiger partial charge on any atom is -0.485 e. The first-order chi connectivity index (χ1) is 26.6. The van der Waals surface area contributed by atoms with Crippen molar-refractivity contribution in [3.63, 3.8) is 0 Å². The van der Waals surface area contributed by atoms with Crippen molar-refractivity contribution in [2.75, 3.05) is 0 Å². The molecule has 0 saturated heterocycles. The van der Waals surface area contributed by atoms with Crippen LogP contribution >= 0.6 is 0 Å². The van der Waals surface area contributed by atoms with E-state index in [1.807, 2.05) is 158 Å². The summed E-state index contributed by atoms with van der Waals surface area (Å²) in [7, 11) is 0. The Morgan fingerprint density at radius 3 is 0.963 bits per heavy atom. The van der Waals surface area contributed by atoms with Gasteiger partial charge < -0.3 is 29.6 Å². The maximum atomic E-state index is 12.8. The zero-order valence-corrected chi connectivity index (χ0v) is 30.1. The van der Waals surface area contributed by atoms with Crippen molar-refractivity contribution in [1.82, 2.24) is 10.6 Å². The molecule has 6 aromatic carbocycles. The van der Waals surface area contributed by atoms with Crippen molar-refractivity contribution in [3.8, 4) is 23.0 Å². The molecule has 8 heteroatoms. The molecule has 0 radical (unpaired) electrons. The maximum absolute atomic E-state index is 12.8. The van der Waals surface area contributed by atoms with Gasteiger partial charge in [0.25, 0.3) is 0 Å². The number of hydrogen-bond acceptors (Lipinski definition) is 6. The smallest absolute Gasteiger partial charge is 0.220 e. The zero-order chi connectivity index (χ0) is 37.2. The molecule has 0 heterocycles. The molecule has 0 saturated carbocycles. The average Bonchev–Trinajstić information content (AvgIpc) is 3.23. The topological polar surface area (TPSA) is 95.1 Å². The third kappa shape index (κ3) is 12.0. The van der Waals surface area contributed by atoms with E-state index in [4.69, 9.17) is 18.9 Å². The standard InChI is InChI=1S/C46H44N2O6/c49-45(47-29-39-21-23-41(51-31-35-13-5-1-6-14-35)43(27-39)53-33-37-17-9-3-10-18-37)25-26-46(50)48-30-40-22-24-42(52-32-36-15-7-2-8-16-36)44(28-40)54-34-38-19-11-4-12-20-38/h1-24,27-28H,25-26,29-34H2,(H,47,49)(H,48,50). The first-order valence-corrected chi connectivity index (χ1v) is 18.0. The van der Waals surface area contributed by atoms with Gasteiger partial charge >= 0.3 is 0 Å². The van der Waals surface area contributed by atoms with E-state index < -0.39 is 0 Å². The first kappa shape index (κ1) is 37.2. The highest BCUT2D eigenvalue weighted by Crippen LogP contribution is 2.31. The second-order valence-corrected chi connectivity index (χ2v) is 12.7. The van der Waals surface area contributed by atoms with Crippen molar-refractivity contribution < 1.29 is 28.5 Å². The molecule has 54 heavy (non-hydrogen) atoms. The van der Waals surface area contributed by atoms with E-state index in [2.05, 4.69) is 10.6 Å². The van der Waals surface area contributed by atoms with E-state index in [9.17, 15) is 9.59 Å². The molecule has 0 aliphatic rings. The Labute approximate surface area is 316 Å². The van der Waals surface area contributed by atoms with Crippen LogP contribution in [-0.4, -0.2) is 11.8 Å². The Bertz CT molecular complexity index is 1910. The van der Waals surface area contributed by atoms with Gasteiger partial charge in [-0.15, -0.1) is 0 Å². The summed E-state index contributed by atoms with van der Waals surface area (Å²) in [4.78, 5) is 25.5. The van der Waals surface area contributed by atoms with Gasteiger partial charge in [-0.3, -0.25) is 9.59 Å². The lowest BCUT2D eigenvalue weighted by Crippen LogP contribution is -2.27. The fraction of sp³-hybridized carbons (Fsp3) is 0.174. The van der Waals surface area contributed by atoms with Gasteiger partial charge in [-0.05, 0) is 57.6 Å². The molecule has 2 amide bonds. The summed E-state index contributed by atoms with van der Waals surface area (Å²) in [6, 6.07) is 51.0. The summed E-state index contributed by atoms with van der Waals surface area (Å²) in [5.74, 6) is 1.96. The van der Waals surface area contributed by atoms with Crippen LogP contribution in [0.5, 0.6) is 23.0 Å². The predicted molar refractivity (Wildman–Crippen MR) is 209 cm³/mol. The molecule has 0 fully saturated rings. The highest BCUT2D eigenvalue weighted by molar-refractivity contribution is 5.83. The fourth-order valence-electron chi connectivity index (χ4n) is 5.54. The molecule has 6 rings (SSSR count). The van der Waals surface area contributed by atoms with Gasteiger partial charge in [-0.25, -0.2) is 0 Å². The van der Waals surface area contributed by atoms with Crippen molar-refractivity contribution in [1.29, 1.82) is 0 Å². The van der Waals surface area contributed by atoms with Gasteiger partial charge in [0.1, 0.15) is 26.4 Å². The number of carbonyl (C=O) groups is 2. The van der Waals surface area contributed by atoms with E-state index in [1.54, 1.807) is 0 Å².